The maximum Gasteiger partial charge on any atom is -0.00203 e. The van der Waals surface area contributed by atoms with Crippen LogP contribution >= 0.6 is 0 Å². The van der Waals surface area contributed by atoms with Crippen LogP contribution in [0.5, 0.6) is 0 Å². The Bertz CT molecular complexity index is 1510. The first-order valence-corrected chi connectivity index (χ1v) is 9.71. The molecular formula is C28H18. The predicted octanol–water partition coefficient (Wildman–Crippen LogP) is 7.97. The molecule has 0 atom stereocenters. The van der Waals surface area contributed by atoms with Crippen LogP contribution in [0.4, 0.5) is 0 Å². The number of hydrogen-bond donors (Lipinski definition) is 0. The maximum atomic E-state index is 2.33. The van der Waals surface area contributed by atoms with Gasteiger partial charge in [-0.05, 0) is 66.3 Å². The highest BCUT2D eigenvalue weighted by Crippen LogP contribution is 2.40. The zero-order chi connectivity index (χ0) is 18.5. The fourth-order valence-corrected chi connectivity index (χ4v) is 4.49. The van der Waals surface area contributed by atoms with Crippen LogP contribution in [0.2, 0.25) is 0 Å². The average molecular weight is 354 g/mol. The summed E-state index contributed by atoms with van der Waals surface area (Å²) in [4.78, 5) is 0. The summed E-state index contributed by atoms with van der Waals surface area (Å²) in [6.07, 6.45) is 0. The fourth-order valence-electron chi connectivity index (χ4n) is 4.49. The van der Waals surface area contributed by atoms with Gasteiger partial charge in [0.25, 0.3) is 0 Å². The van der Waals surface area contributed by atoms with Gasteiger partial charge in [-0.2, -0.15) is 0 Å². The molecule has 0 radical (unpaired) electrons. The predicted molar refractivity (Wildman–Crippen MR) is 122 cm³/mol. The minimum atomic E-state index is 1.27. The molecule has 28 heavy (non-hydrogen) atoms. The summed E-state index contributed by atoms with van der Waals surface area (Å²) in [6, 6.07) is 39.7. The Balaban J connectivity index is 1.85. The Morgan fingerprint density at radius 2 is 0.964 bits per heavy atom. The van der Waals surface area contributed by atoms with Crippen molar-refractivity contribution in [3.05, 3.63) is 109 Å². The third-order valence-electron chi connectivity index (χ3n) is 5.79. The Hall–Kier alpha value is -3.64. The second-order valence-corrected chi connectivity index (χ2v) is 7.42. The smallest absolute Gasteiger partial charge is 0.00203 e. The Morgan fingerprint density at radius 3 is 1.82 bits per heavy atom. The van der Waals surface area contributed by atoms with Crippen molar-refractivity contribution in [3.63, 3.8) is 0 Å². The molecule has 0 amide bonds. The molecule has 6 aromatic carbocycles. The van der Waals surface area contributed by atoms with Gasteiger partial charge < -0.3 is 0 Å². The van der Waals surface area contributed by atoms with Crippen molar-refractivity contribution in [2.45, 2.75) is 0 Å². The third-order valence-corrected chi connectivity index (χ3v) is 5.79. The molecule has 6 aromatic rings. The minimum absolute atomic E-state index is 1.27. The van der Waals surface area contributed by atoms with E-state index in [4.69, 9.17) is 0 Å². The average Bonchev–Trinajstić information content (AvgIpc) is 2.77. The third kappa shape index (κ3) is 2.25. The zero-order valence-corrected chi connectivity index (χ0v) is 15.4. The zero-order valence-electron chi connectivity index (χ0n) is 15.4. The SMILES string of the molecule is c1ccc2cc(-c3c4ccccc4cc4ccc5ccccc5c34)ccc2c1. The number of benzene rings is 6. The lowest BCUT2D eigenvalue weighted by Crippen LogP contribution is -1.88. The largest absolute Gasteiger partial charge is 0.0616 e. The van der Waals surface area contributed by atoms with E-state index in [-0.39, 0.29) is 0 Å². The molecule has 0 bridgehead atoms. The van der Waals surface area contributed by atoms with Gasteiger partial charge in [-0.25, -0.2) is 0 Å². The van der Waals surface area contributed by atoms with Gasteiger partial charge in [0, 0.05) is 0 Å². The molecule has 0 saturated carbocycles. The molecule has 0 aliphatic heterocycles. The lowest BCUT2D eigenvalue weighted by molar-refractivity contribution is 1.71. The van der Waals surface area contributed by atoms with E-state index < -0.39 is 0 Å². The molecule has 0 unspecified atom stereocenters. The van der Waals surface area contributed by atoms with Crippen molar-refractivity contribution >= 4 is 43.1 Å². The summed E-state index contributed by atoms with van der Waals surface area (Å²) in [6.45, 7) is 0. The van der Waals surface area contributed by atoms with E-state index in [9.17, 15) is 0 Å². The normalized spacial score (nSPS) is 11.6. The van der Waals surface area contributed by atoms with Crippen LogP contribution in [-0.4, -0.2) is 0 Å². The monoisotopic (exact) mass is 354 g/mol. The molecule has 0 heteroatoms. The first-order chi connectivity index (χ1) is 13.9. The van der Waals surface area contributed by atoms with Crippen molar-refractivity contribution in [2.75, 3.05) is 0 Å². The Morgan fingerprint density at radius 1 is 0.357 bits per heavy atom. The topological polar surface area (TPSA) is 0 Å². The van der Waals surface area contributed by atoms with Crippen molar-refractivity contribution in [2.24, 2.45) is 0 Å². The number of fused-ring (bicyclic) bond motifs is 5. The van der Waals surface area contributed by atoms with Gasteiger partial charge in [0.15, 0.2) is 0 Å². The summed E-state index contributed by atoms with van der Waals surface area (Å²) in [5, 5.41) is 10.4. The molecule has 6 rings (SSSR count). The van der Waals surface area contributed by atoms with Gasteiger partial charge in [0.2, 0.25) is 0 Å². The molecule has 0 nitrogen and oxygen atoms in total. The van der Waals surface area contributed by atoms with Gasteiger partial charge >= 0.3 is 0 Å². The molecule has 0 aliphatic carbocycles. The van der Waals surface area contributed by atoms with E-state index in [0.717, 1.165) is 0 Å². The van der Waals surface area contributed by atoms with Crippen molar-refractivity contribution in [1.82, 2.24) is 0 Å². The number of hydrogen-bond acceptors (Lipinski definition) is 0. The second-order valence-electron chi connectivity index (χ2n) is 7.42. The van der Waals surface area contributed by atoms with Crippen LogP contribution in [0.25, 0.3) is 54.2 Å². The minimum Gasteiger partial charge on any atom is -0.0616 e. The summed E-state index contributed by atoms with van der Waals surface area (Å²) < 4.78 is 0. The molecule has 0 saturated heterocycles. The molecule has 0 heterocycles. The first-order valence-electron chi connectivity index (χ1n) is 9.71. The number of rotatable bonds is 1. The van der Waals surface area contributed by atoms with Gasteiger partial charge in [-0.15, -0.1) is 0 Å². The fraction of sp³-hybridized carbons (Fsp3) is 0. The van der Waals surface area contributed by atoms with Gasteiger partial charge in [-0.1, -0.05) is 97.1 Å². The lowest BCUT2D eigenvalue weighted by Gasteiger charge is -2.15. The van der Waals surface area contributed by atoms with Gasteiger partial charge in [0.05, 0.1) is 0 Å². The van der Waals surface area contributed by atoms with Crippen molar-refractivity contribution in [3.8, 4) is 11.1 Å². The molecule has 0 aliphatic rings. The van der Waals surface area contributed by atoms with Crippen LogP contribution < -0.4 is 0 Å². The van der Waals surface area contributed by atoms with Crippen LogP contribution in [0.3, 0.4) is 0 Å². The second kappa shape index (κ2) is 5.94. The van der Waals surface area contributed by atoms with Crippen LogP contribution in [0.1, 0.15) is 0 Å². The first kappa shape index (κ1) is 15.4. The van der Waals surface area contributed by atoms with Gasteiger partial charge in [0.1, 0.15) is 0 Å². The quantitative estimate of drug-likeness (QED) is 0.207. The summed E-state index contributed by atoms with van der Waals surface area (Å²) in [5.74, 6) is 0. The Kier molecular flexibility index (Phi) is 3.27. The summed E-state index contributed by atoms with van der Waals surface area (Å²) in [5.41, 5.74) is 2.60. The highest BCUT2D eigenvalue weighted by atomic mass is 14.2. The molecule has 0 aromatic heterocycles. The van der Waals surface area contributed by atoms with Crippen LogP contribution in [0, 0.1) is 0 Å². The highest BCUT2D eigenvalue weighted by Gasteiger charge is 2.13. The van der Waals surface area contributed by atoms with Crippen molar-refractivity contribution in [1.29, 1.82) is 0 Å². The Labute approximate surface area is 163 Å². The lowest BCUT2D eigenvalue weighted by atomic mass is 9.88. The maximum absolute atomic E-state index is 2.33. The molecule has 0 fully saturated rings. The standard InChI is InChI=1S/C28H18/c1-2-9-21-17-23(15-13-19(21)7-1)28-26-12-6-4-10-22(26)18-24-16-14-20-8-3-5-11-25(20)27(24)28/h1-18H. The summed E-state index contributed by atoms with van der Waals surface area (Å²) >= 11 is 0. The van der Waals surface area contributed by atoms with Gasteiger partial charge in [-0.3, -0.25) is 0 Å². The van der Waals surface area contributed by atoms with E-state index in [1.165, 1.54) is 54.2 Å². The van der Waals surface area contributed by atoms with E-state index in [0.29, 0.717) is 0 Å². The van der Waals surface area contributed by atoms with E-state index >= 15 is 0 Å². The highest BCUT2D eigenvalue weighted by molar-refractivity contribution is 6.22. The van der Waals surface area contributed by atoms with E-state index in [2.05, 4.69) is 109 Å². The molecule has 130 valence electrons. The molecular weight excluding hydrogens is 336 g/mol. The van der Waals surface area contributed by atoms with Crippen LogP contribution in [-0.2, 0) is 0 Å². The van der Waals surface area contributed by atoms with E-state index in [1.807, 2.05) is 0 Å². The van der Waals surface area contributed by atoms with Crippen LogP contribution in [0.15, 0.2) is 109 Å². The van der Waals surface area contributed by atoms with Crippen molar-refractivity contribution < 1.29 is 0 Å². The molecule has 0 spiro atoms. The van der Waals surface area contributed by atoms with E-state index in [1.54, 1.807) is 0 Å². The summed E-state index contributed by atoms with van der Waals surface area (Å²) in [7, 11) is 0. The molecule has 0 N–H and O–H groups in total.